The number of amidine groups is 1. The van der Waals surface area contributed by atoms with E-state index in [0.717, 1.165) is 50.5 Å². The molecule has 1 unspecified atom stereocenters. The molecule has 1 saturated heterocycles. The summed E-state index contributed by atoms with van der Waals surface area (Å²) in [6.07, 6.45) is 0.889. The molecule has 0 N–H and O–H groups in total. The second kappa shape index (κ2) is 9.96. The van der Waals surface area contributed by atoms with E-state index < -0.39 is 0 Å². The highest BCUT2D eigenvalue weighted by molar-refractivity contribution is 8.14. The van der Waals surface area contributed by atoms with Crippen LogP contribution in [0.4, 0.5) is 5.69 Å². The molecule has 0 radical (unpaired) electrons. The lowest BCUT2D eigenvalue weighted by atomic mass is 10.1. The number of aliphatic imine (C=N–C) groups is 1. The Morgan fingerprint density at radius 2 is 2.03 bits per heavy atom. The second-order valence-electron chi connectivity index (χ2n) is 7.87. The number of benzene rings is 2. The van der Waals surface area contributed by atoms with Crippen molar-refractivity contribution in [3.05, 3.63) is 76.7 Å². The van der Waals surface area contributed by atoms with Crippen molar-refractivity contribution in [2.75, 3.05) is 5.75 Å². The number of carbonyl (C=O) groups is 1. The monoisotopic (exact) mass is 465 g/mol. The number of aromatic nitrogens is 1. The van der Waals surface area contributed by atoms with Gasteiger partial charge in [0.25, 0.3) is 5.91 Å². The minimum atomic E-state index is 0.00937. The SMILES string of the molecule is CCC1CSC(=Nc2cccc(C)c2)N1C(=O)c1ccccc1SCc1c(C)noc1C. The molecule has 4 rings (SSSR count). The van der Waals surface area contributed by atoms with Crippen molar-refractivity contribution < 1.29 is 9.32 Å². The van der Waals surface area contributed by atoms with E-state index in [2.05, 4.69) is 25.1 Å². The van der Waals surface area contributed by atoms with Crippen LogP contribution < -0.4 is 0 Å². The fourth-order valence-corrected chi connectivity index (χ4v) is 6.14. The van der Waals surface area contributed by atoms with Crippen LogP contribution in [0, 0.1) is 20.8 Å². The molecule has 1 atom stereocenters. The molecule has 166 valence electrons. The third-order valence-electron chi connectivity index (χ3n) is 5.56. The summed E-state index contributed by atoms with van der Waals surface area (Å²) < 4.78 is 5.29. The van der Waals surface area contributed by atoms with Gasteiger partial charge in [-0.25, -0.2) is 4.99 Å². The van der Waals surface area contributed by atoms with Crippen LogP contribution in [0.5, 0.6) is 0 Å². The van der Waals surface area contributed by atoms with Gasteiger partial charge in [-0.1, -0.05) is 48.1 Å². The summed E-state index contributed by atoms with van der Waals surface area (Å²) in [6, 6.07) is 16.0. The first-order valence-corrected chi connectivity index (χ1v) is 12.7. The summed E-state index contributed by atoms with van der Waals surface area (Å²) in [5, 5.41) is 4.82. The first kappa shape index (κ1) is 22.7. The van der Waals surface area contributed by atoms with Crippen LogP contribution in [0.2, 0.25) is 0 Å². The summed E-state index contributed by atoms with van der Waals surface area (Å²) in [5.74, 6) is 2.41. The molecule has 0 bridgehead atoms. The molecule has 1 aliphatic rings. The van der Waals surface area contributed by atoms with Crippen molar-refractivity contribution >= 4 is 40.3 Å². The minimum absolute atomic E-state index is 0.00937. The third kappa shape index (κ3) is 4.79. The molecule has 32 heavy (non-hydrogen) atoms. The number of nitrogens with zero attached hydrogens (tertiary/aromatic N) is 3. The van der Waals surface area contributed by atoms with Gasteiger partial charge in [0.2, 0.25) is 0 Å². The van der Waals surface area contributed by atoms with Crippen LogP contribution in [0.1, 0.15) is 46.3 Å². The van der Waals surface area contributed by atoms with Crippen molar-refractivity contribution in [2.24, 2.45) is 4.99 Å². The fourth-order valence-electron chi connectivity index (χ4n) is 3.68. The number of aryl methyl sites for hydroxylation is 3. The van der Waals surface area contributed by atoms with Gasteiger partial charge >= 0.3 is 0 Å². The molecule has 1 aromatic heterocycles. The average molecular weight is 466 g/mol. The van der Waals surface area contributed by atoms with Crippen LogP contribution in [-0.2, 0) is 5.75 Å². The van der Waals surface area contributed by atoms with E-state index in [0.29, 0.717) is 11.3 Å². The Morgan fingerprint density at radius 3 is 2.75 bits per heavy atom. The predicted molar refractivity (Wildman–Crippen MR) is 133 cm³/mol. The maximum atomic E-state index is 13.8. The number of hydrogen-bond donors (Lipinski definition) is 0. The van der Waals surface area contributed by atoms with Crippen LogP contribution in [0.3, 0.4) is 0 Å². The van der Waals surface area contributed by atoms with Gasteiger partial charge in [0, 0.05) is 28.0 Å². The summed E-state index contributed by atoms with van der Waals surface area (Å²) in [4.78, 5) is 21.5. The Kier molecular flexibility index (Phi) is 7.06. The van der Waals surface area contributed by atoms with E-state index in [1.807, 2.05) is 61.2 Å². The van der Waals surface area contributed by atoms with E-state index in [4.69, 9.17) is 9.52 Å². The Balaban J connectivity index is 1.63. The van der Waals surface area contributed by atoms with Crippen molar-refractivity contribution in [3.63, 3.8) is 0 Å². The van der Waals surface area contributed by atoms with Gasteiger partial charge in [0.1, 0.15) is 5.76 Å². The molecule has 1 amide bonds. The maximum Gasteiger partial charge on any atom is 0.261 e. The predicted octanol–water partition coefficient (Wildman–Crippen LogP) is 6.55. The lowest BCUT2D eigenvalue weighted by Gasteiger charge is -2.24. The van der Waals surface area contributed by atoms with Crippen molar-refractivity contribution in [3.8, 4) is 0 Å². The lowest BCUT2D eigenvalue weighted by molar-refractivity contribution is 0.0816. The number of rotatable bonds is 6. The van der Waals surface area contributed by atoms with E-state index >= 15 is 0 Å². The number of hydrogen-bond acceptors (Lipinski definition) is 6. The van der Waals surface area contributed by atoms with Gasteiger partial charge in [-0.2, -0.15) is 0 Å². The van der Waals surface area contributed by atoms with Crippen LogP contribution in [-0.4, -0.2) is 32.9 Å². The van der Waals surface area contributed by atoms with E-state index in [-0.39, 0.29) is 11.9 Å². The lowest BCUT2D eigenvalue weighted by Crippen LogP contribution is -2.39. The van der Waals surface area contributed by atoms with Gasteiger partial charge in [0.05, 0.1) is 16.9 Å². The fraction of sp³-hybridized carbons (Fsp3) is 0.320. The summed E-state index contributed by atoms with van der Waals surface area (Å²) >= 11 is 3.30. The number of carbonyl (C=O) groups excluding carboxylic acids is 1. The molecule has 2 aromatic carbocycles. The van der Waals surface area contributed by atoms with Gasteiger partial charge in [0.15, 0.2) is 5.17 Å². The van der Waals surface area contributed by atoms with Crippen LogP contribution in [0.25, 0.3) is 0 Å². The van der Waals surface area contributed by atoms with Gasteiger partial charge in [-0.3, -0.25) is 9.69 Å². The zero-order chi connectivity index (χ0) is 22.7. The van der Waals surface area contributed by atoms with Gasteiger partial charge in [-0.05, 0) is 57.0 Å². The first-order chi connectivity index (χ1) is 15.5. The van der Waals surface area contributed by atoms with E-state index in [9.17, 15) is 4.79 Å². The minimum Gasteiger partial charge on any atom is -0.361 e. The van der Waals surface area contributed by atoms with Crippen molar-refractivity contribution in [1.82, 2.24) is 10.1 Å². The van der Waals surface area contributed by atoms with Gasteiger partial charge in [-0.15, -0.1) is 11.8 Å². The van der Waals surface area contributed by atoms with Crippen molar-refractivity contribution in [2.45, 2.75) is 50.8 Å². The topological polar surface area (TPSA) is 58.7 Å². The Morgan fingerprint density at radius 1 is 1.22 bits per heavy atom. The van der Waals surface area contributed by atoms with Crippen LogP contribution in [0.15, 0.2) is 62.9 Å². The molecule has 7 heteroatoms. The third-order valence-corrected chi connectivity index (χ3v) is 7.76. The molecular weight excluding hydrogens is 438 g/mol. The normalized spacial score (nSPS) is 17.3. The number of amides is 1. The zero-order valence-corrected chi connectivity index (χ0v) is 20.4. The smallest absolute Gasteiger partial charge is 0.261 e. The molecule has 5 nitrogen and oxygen atoms in total. The molecular formula is C25H27N3O2S2. The molecule has 1 aliphatic heterocycles. The second-order valence-corrected chi connectivity index (χ2v) is 9.87. The Hall–Kier alpha value is -2.51. The molecule has 0 saturated carbocycles. The highest BCUT2D eigenvalue weighted by atomic mass is 32.2. The molecule has 3 aromatic rings. The van der Waals surface area contributed by atoms with E-state index in [1.54, 1.807) is 23.5 Å². The Bertz CT molecular complexity index is 1140. The largest absolute Gasteiger partial charge is 0.361 e. The average Bonchev–Trinajstić information content (AvgIpc) is 3.34. The van der Waals surface area contributed by atoms with Crippen LogP contribution >= 0.6 is 23.5 Å². The standard InChI is InChI=1S/C25H27N3O2S2/c1-5-20-14-32-25(26-19-10-8-9-16(2)13-19)28(20)24(29)21-11-6-7-12-23(21)31-15-22-17(3)27-30-18(22)4/h6-13,20H,5,14-15H2,1-4H3. The number of thioether (sulfide) groups is 2. The highest BCUT2D eigenvalue weighted by Gasteiger charge is 2.35. The first-order valence-electron chi connectivity index (χ1n) is 10.7. The quantitative estimate of drug-likeness (QED) is 0.387. The van der Waals surface area contributed by atoms with E-state index in [1.165, 1.54) is 0 Å². The molecule has 0 aliphatic carbocycles. The summed E-state index contributed by atoms with van der Waals surface area (Å²) in [7, 11) is 0. The summed E-state index contributed by atoms with van der Waals surface area (Å²) in [6.45, 7) is 8.05. The molecule has 1 fully saturated rings. The Labute approximate surface area is 197 Å². The van der Waals surface area contributed by atoms with Gasteiger partial charge < -0.3 is 4.52 Å². The zero-order valence-electron chi connectivity index (χ0n) is 18.8. The van der Waals surface area contributed by atoms with Crippen molar-refractivity contribution in [1.29, 1.82) is 0 Å². The maximum absolute atomic E-state index is 13.8. The molecule has 2 heterocycles. The highest BCUT2D eigenvalue weighted by Crippen LogP contribution is 2.34. The molecule has 0 spiro atoms. The summed E-state index contributed by atoms with van der Waals surface area (Å²) in [5.41, 5.74) is 4.72.